The molecule has 4 nitrogen and oxygen atoms in total. The summed E-state index contributed by atoms with van der Waals surface area (Å²) in [6.07, 6.45) is 1.42. The van der Waals surface area contributed by atoms with E-state index in [9.17, 15) is 4.79 Å². The molecule has 1 atom stereocenters. The topological polar surface area (TPSA) is 38.8 Å². The van der Waals surface area contributed by atoms with E-state index in [4.69, 9.17) is 21.1 Å². The first-order chi connectivity index (χ1) is 10.3. The fourth-order valence-corrected chi connectivity index (χ4v) is 3.64. The molecule has 1 aromatic carbocycles. The molecule has 0 saturated carbocycles. The number of benzene rings is 1. The predicted octanol–water partition coefficient (Wildman–Crippen LogP) is 2.84. The minimum Gasteiger partial charge on any atom is -0.494 e. The number of carbonyl (C=O) groups is 1. The second kappa shape index (κ2) is 6.62. The number of carbonyl (C=O) groups excluding carboxylic acids is 1. The van der Waals surface area contributed by atoms with E-state index in [2.05, 4.69) is 0 Å². The lowest BCUT2D eigenvalue weighted by Crippen LogP contribution is -2.42. The zero-order valence-corrected chi connectivity index (χ0v) is 13.0. The van der Waals surface area contributed by atoms with Gasteiger partial charge in [-0.2, -0.15) is 11.8 Å². The average Bonchev–Trinajstić information content (AvgIpc) is 2.56. The Hall–Kier alpha value is -1.33. The van der Waals surface area contributed by atoms with Crippen LogP contribution in [0.4, 0.5) is 0 Å². The Labute approximate surface area is 133 Å². The molecule has 2 aliphatic rings. The fourth-order valence-electron chi connectivity index (χ4n) is 2.43. The van der Waals surface area contributed by atoms with Crippen LogP contribution < -0.4 is 0 Å². The van der Waals surface area contributed by atoms with Crippen LogP contribution in [0.2, 0.25) is 5.02 Å². The Morgan fingerprint density at radius 1 is 1.29 bits per heavy atom. The van der Waals surface area contributed by atoms with Crippen LogP contribution in [0, 0.1) is 0 Å². The zero-order valence-electron chi connectivity index (χ0n) is 11.5. The van der Waals surface area contributed by atoms with E-state index in [0.717, 1.165) is 17.1 Å². The molecular weight excluding hydrogens is 310 g/mol. The Balaban J connectivity index is 1.82. The molecule has 1 fully saturated rings. The molecule has 0 spiro atoms. The van der Waals surface area contributed by atoms with Gasteiger partial charge in [0.05, 0.1) is 6.04 Å². The van der Waals surface area contributed by atoms with Gasteiger partial charge in [0, 0.05) is 23.1 Å². The number of rotatable bonds is 2. The number of nitrogens with zero attached hydrogens (tertiary/aromatic N) is 1. The van der Waals surface area contributed by atoms with E-state index >= 15 is 0 Å². The summed E-state index contributed by atoms with van der Waals surface area (Å²) >= 11 is 7.79. The van der Waals surface area contributed by atoms with Crippen molar-refractivity contribution in [3.63, 3.8) is 0 Å². The van der Waals surface area contributed by atoms with Crippen molar-refractivity contribution < 1.29 is 14.3 Å². The Morgan fingerprint density at radius 3 is 2.81 bits per heavy atom. The van der Waals surface area contributed by atoms with Gasteiger partial charge in [-0.3, -0.25) is 4.79 Å². The first-order valence-electron chi connectivity index (χ1n) is 6.84. The average molecular weight is 326 g/mol. The molecule has 0 N–H and O–H groups in total. The van der Waals surface area contributed by atoms with Crippen LogP contribution in [0.3, 0.4) is 0 Å². The van der Waals surface area contributed by atoms with Gasteiger partial charge in [-0.05, 0) is 17.7 Å². The van der Waals surface area contributed by atoms with E-state index < -0.39 is 0 Å². The Bertz CT molecular complexity index is 546. The molecule has 6 heteroatoms. The first-order valence-corrected chi connectivity index (χ1v) is 8.38. The first kappa shape index (κ1) is 14.6. The van der Waals surface area contributed by atoms with Gasteiger partial charge in [-0.1, -0.05) is 23.7 Å². The van der Waals surface area contributed by atoms with Crippen molar-refractivity contribution in [2.45, 2.75) is 6.04 Å². The van der Waals surface area contributed by atoms with Crippen molar-refractivity contribution in [2.24, 2.45) is 0 Å². The summed E-state index contributed by atoms with van der Waals surface area (Å²) in [6.45, 7) is 1.62. The van der Waals surface area contributed by atoms with Gasteiger partial charge in [0.25, 0.3) is 5.91 Å². The van der Waals surface area contributed by atoms with Crippen molar-refractivity contribution in [3.05, 3.63) is 46.9 Å². The van der Waals surface area contributed by atoms with Crippen molar-refractivity contribution in [1.29, 1.82) is 0 Å². The second-order valence-corrected chi connectivity index (χ2v) is 6.43. The Morgan fingerprint density at radius 2 is 2.10 bits per heavy atom. The van der Waals surface area contributed by atoms with Gasteiger partial charge >= 0.3 is 0 Å². The Kier molecular flexibility index (Phi) is 4.60. The summed E-state index contributed by atoms with van der Waals surface area (Å²) in [4.78, 5) is 14.5. The van der Waals surface area contributed by atoms with E-state index in [1.165, 1.54) is 6.26 Å². The molecule has 0 radical (unpaired) electrons. The summed E-state index contributed by atoms with van der Waals surface area (Å²) in [7, 11) is 0. The highest BCUT2D eigenvalue weighted by atomic mass is 35.5. The largest absolute Gasteiger partial charge is 0.494 e. The molecule has 1 aromatic rings. The second-order valence-electron chi connectivity index (χ2n) is 4.84. The van der Waals surface area contributed by atoms with Crippen molar-refractivity contribution >= 4 is 29.3 Å². The lowest BCUT2D eigenvalue weighted by molar-refractivity contribution is -0.134. The summed E-state index contributed by atoms with van der Waals surface area (Å²) < 4.78 is 10.6. The van der Waals surface area contributed by atoms with Crippen LogP contribution >= 0.6 is 23.4 Å². The number of hydrogen-bond donors (Lipinski definition) is 0. The smallest absolute Gasteiger partial charge is 0.292 e. The van der Waals surface area contributed by atoms with Gasteiger partial charge in [0.15, 0.2) is 0 Å². The van der Waals surface area contributed by atoms with E-state index in [1.54, 1.807) is 0 Å². The molecule has 112 valence electrons. The molecule has 0 aromatic heterocycles. The fraction of sp³-hybridized carbons (Fsp3) is 0.400. The van der Waals surface area contributed by atoms with Crippen molar-refractivity contribution in [1.82, 2.24) is 4.90 Å². The highest BCUT2D eigenvalue weighted by Crippen LogP contribution is 2.31. The highest BCUT2D eigenvalue weighted by molar-refractivity contribution is 7.99. The number of thioether (sulfide) groups is 1. The molecule has 2 heterocycles. The molecule has 1 saturated heterocycles. The van der Waals surface area contributed by atoms with Crippen LogP contribution in [-0.4, -0.2) is 42.1 Å². The third kappa shape index (κ3) is 3.30. The number of ether oxygens (including phenoxy) is 2. The van der Waals surface area contributed by atoms with Crippen LogP contribution in [0.25, 0.3) is 0 Å². The van der Waals surface area contributed by atoms with Gasteiger partial charge in [0.2, 0.25) is 5.76 Å². The maximum absolute atomic E-state index is 12.6. The maximum atomic E-state index is 12.6. The van der Waals surface area contributed by atoms with Crippen LogP contribution in [0.15, 0.2) is 36.3 Å². The third-order valence-electron chi connectivity index (χ3n) is 3.50. The number of hydrogen-bond acceptors (Lipinski definition) is 4. The van der Waals surface area contributed by atoms with Crippen LogP contribution in [0.5, 0.6) is 0 Å². The monoisotopic (exact) mass is 325 g/mol. The maximum Gasteiger partial charge on any atom is 0.292 e. The van der Waals surface area contributed by atoms with Gasteiger partial charge in [-0.25, -0.2) is 0 Å². The molecule has 0 bridgehead atoms. The minimum atomic E-state index is -0.102. The lowest BCUT2D eigenvalue weighted by Gasteiger charge is -2.36. The number of halogens is 1. The SMILES string of the molecule is O=C(C1=COCCO1)N1CCSC[C@H]1c1ccc(Cl)cc1. The summed E-state index contributed by atoms with van der Waals surface area (Å²) in [5, 5.41) is 0.701. The quantitative estimate of drug-likeness (QED) is 0.838. The standard InChI is InChI=1S/C15H16ClNO3S/c16-12-3-1-11(2-4-12)13-10-21-8-5-17(13)15(18)14-9-19-6-7-20-14/h1-4,9,13H,5-8,10H2/t13-/m0/s1. The van der Waals surface area contributed by atoms with Gasteiger partial charge < -0.3 is 14.4 Å². The summed E-state index contributed by atoms with van der Waals surface area (Å²) in [6, 6.07) is 7.72. The van der Waals surface area contributed by atoms with Crippen molar-refractivity contribution in [2.75, 3.05) is 31.3 Å². The van der Waals surface area contributed by atoms with E-state index in [0.29, 0.717) is 30.5 Å². The molecular formula is C15H16ClNO3S. The molecule has 1 amide bonds. The molecule has 3 rings (SSSR count). The van der Waals surface area contributed by atoms with Gasteiger partial charge in [0.1, 0.15) is 19.5 Å². The lowest BCUT2D eigenvalue weighted by atomic mass is 10.1. The molecule has 0 aliphatic carbocycles. The minimum absolute atomic E-state index is 0.0416. The van der Waals surface area contributed by atoms with E-state index in [-0.39, 0.29) is 11.9 Å². The van der Waals surface area contributed by atoms with Gasteiger partial charge in [-0.15, -0.1) is 0 Å². The molecule has 0 unspecified atom stereocenters. The number of amides is 1. The normalized spacial score (nSPS) is 22.0. The molecule has 21 heavy (non-hydrogen) atoms. The predicted molar refractivity (Wildman–Crippen MR) is 83.2 cm³/mol. The van der Waals surface area contributed by atoms with Crippen molar-refractivity contribution in [3.8, 4) is 0 Å². The molecule has 2 aliphatic heterocycles. The van der Waals surface area contributed by atoms with Crippen LogP contribution in [0.1, 0.15) is 11.6 Å². The summed E-state index contributed by atoms with van der Waals surface area (Å²) in [5.74, 6) is 2.01. The van der Waals surface area contributed by atoms with E-state index in [1.807, 2.05) is 40.9 Å². The highest BCUT2D eigenvalue weighted by Gasteiger charge is 2.31. The zero-order chi connectivity index (χ0) is 14.7. The summed E-state index contributed by atoms with van der Waals surface area (Å²) in [5.41, 5.74) is 1.09. The van der Waals surface area contributed by atoms with Crippen LogP contribution in [-0.2, 0) is 14.3 Å². The third-order valence-corrected chi connectivity index (χ3v) is 4.78.